The summed E-state index contributed by atoms with van der Waals surface area (Å²) >= 11 is 0. The van der Waals surface area contributed by atoms with E-state index in [9.17, 15) is 18.5 Å². The number of aryl methyl sites for hydroxylation is 1. The van der Waals surface area contributed by atoms with Gasteiger partial charge in [0.15, 0.2) is 5.84 Å². The van der Waals surface area contributed by atoms with E-state index in [-0.39, 0.29) is 36.0 Å². The van der Waals surface area contributed by atoms with Crippen molar-refractivity contribution in [1.82, 2.24) is 10.6 Å². The lowest BCUT2D eigenvalue weighted by Gasteiger charge is -2.15. The average molecular weight is 579 g/mol. The molecule has 8 N–H and O–H groups in total. The van der Waals surface area contributed by atoms with Gasteiger partial charge in [0.1, 0.15) is 11.6 Å². The first-order valence-electron chi connectivity index (χ1n) is 12.6. The fraction of sp³-hybridized carbons (Fsp3) is 0.385. The van der Waals surface area contributed by atoms with Gasteiger partial charge in [-0.25, -0.2) is 8.96 Å². The van der Waals surface area contributed by atoms with Gasteiger partial charge in [-0.3, -0.25) is 19.4 Å². The Balaban J connectivity index is 1.65. The van der Waals surface area contributed by atoms with E-state index in [2.05, 4.69) is 25.4 Å². The summed E-state index contributed by atoms with van der Waals surface area (Å²) in [6.07, 6.45) is 0.961. The Morgan fingerprint density at radius 1 is 1.00 bits per heavy atom. The molecule has 218 valence electrons. The standard InChI is InChI=1S/C26H36FN6O6P/c1-17-7-12-22(39-40(36,37)38)21(15-17)24(27)26(35)31-14-6-4-3-5-13-30-23(34)16-19-8-10-20(11-9-19)25(29)33-32-18(2)28/h7-12,15,24H,3-6,13-14,16H2,1-2H3,(H2,28,32)(H2,29,33)(H,30,34)(H,31,35)(H2,36,37,38). The molecule has 2 aromatic rings. The number of alkyl halides is 1. The van der Waals surface area contributed by atoms with Gasteiger partial charge in [-0.2, -0.15) is 0 Å². The summed E-state index contributed by atoms with van der Waals surface area (Å²) in [5.41, 5.74) is 13.1. The van der Waals surface area contributed by atoms with E-state index in [1.54, 1.807) is 38.1 Å². The predicted octanol–water partition coefficient (Wildman–Crippen LogP) is 2.51. The number of hydrogen-bond donors (Lipinski definition) is 6. The summed E-state index contributed by atoms with van der Waals surface area (Å²) in [6, 6.07) is 11.1. The molecular formula is C26H36FN6O6P. The number of amidine groups is 2. The van der Waals surface area contributed by atoms with Crippen molar-refractivity contribution >= 4 is 31.3 Å². The van der Waals surface area contributed by atoms with Crippen molar-refractivity contribution in [2.24, 2.45) is 21.7 Å². The number of nitrogens with zero attached hydrogens (tertiary/aromatic N) is 2. The van der Waals surface area contributed by atoms with Crippen LogP contribution in [0.4, 0.5) is 4.39 Å². The van der Waals surface area contributed by atoms with Crippen molar-refractivity contribution in [3.05, 3.63) is 64.7 Å². The molecule has 0 aliphatic heterocycles. The van der Waals surface area contributed by atoms with Gasteiger partial charge >= 0.3 is 7.82 Å². The third kappa shape index (κ3) is 11.9. The minimum absolute atomic E-state index is 0.114. The Morgan fingerprint density at radius 3 is 2.23 bits per heavy atom. The van der Waals surface area contributed by atoms with Crippen molar-refractivity contribution < 1.29 is 32.9 Å². The molecule has 1 atom stereocenters. The molecule has 0 aromatic heterocycles. The topological polar surface area (TPSA) is 202 Å². The van der Waals surface area contributed by atoms with Crippen LogP contribution < -0.4 is 26.6 Å². The van der Waals surface area contributed by atoms with Gasteiger partial charge in [0, 0.05) is 24.2 Å². The molecule has 1 unspecified atom stereocenters. The van der Waals surface area contributed by atoms with Crippen LogP contribution in [0.2, 0.25) is 0 Å². The summed E-state index contributed by atoms with van der Waals surface area (Å²) < 4.78 is 30.4. The number of phosphoric acid groups is 1. The number of unbranched alkanes of at least 4 members (excludes halogenated alkanes) is 3. The van der Waals surface area contributed by atoms with E-state index >= 15 is 0 Å². The van der Waals surface area contributed by atoms with E-state index in [0.717, 1.165) is 24.8 Å². The van der Waals surface area contributed by atoms with E-state index < -0.39 is 19.9 Å². The first-order chi connectivity index (χ1) is 18.9. The Kier molecular flexibility index (Phi) is 12.7. The average Bonchev–Trinajstić information content (AvgIpc) is 2.88. The molecule has 2 aromatic carbocycles. The van der Waals surface area contributed by atoms with Gasteiger partial charge in [-0.15, -0.1) is 10.2 Å². The molecule has 40 heavy (non-hydrogen) atoms. The molecule has 0 radical (unpaired) electrons. The number of amides is 2. The quantitative estimate of drug-likeness (QED) is 0.0608. The van der Waals surface area contributed by atoms with Crippen LogP contribution in [0.5, 0.6) is 5.75 Å². The number of carbonyl (C=O) groups is 2. The lowest BCUT2D eigenvalue weighted by molar-refractivity contribution is -0.126. The first-order valence-corrected chi connectivity index (χ1v) is 14.2. The monoisotopic (exact) mass is 578 g/mol. The third-order valence-electron chi connectivity index (χ3n) is 5.54. The Morgan fingerprint density at radius 2 is 1.62 bits per heavy atom. The minimum atomic E-state index is -4.91. The van der Waals surface area contributed by atoms with Crippen LogP contribution in [-0.4, -0.2) is 46.4 Å². The first kappa shape index (κ1) is 32.4. The maximum absolute atomic E-state index is 14.8. The predicted molar refractivity (Wildman–Crippen MR) is 150 cm³/mol. The van der Waals surface area contributed by atoms with Crippen molar-refractivity contribution in [1.29, 1.82) is 0 Å². The zero-order chi connectivity index (χ0) is 29.7. The zero-order valence-corrected chi connectivity index (χ0v) is 23.4. The second-order valence-electron chi connectivity index (χ2n) is 9.14. The smallest absolute Gasteiger partial charge is 0.404 e. The Labute approximate surface area is 232 Å². The van der Waals surface area contributed by atoms with Crippen LogP contribution >= 0.6 is 7.82 Å². The number of halogens is 1. The highest BCUT2D eigenvalue weighted by Crippen LogP contribution is 2.41. The van der Waals surface area contributed by atoms with Crippen molar-refractivity contribution in [2.45, 2.75) is 52.1 Å². The number of carbonyl (C=O) groups excluding carboxylic acids is 2. The number of nitrogens with one attached hydrogen (secondary N) is 2. The van der Waals surface area contributed by atoms with Crippen LogP contribution in [0, 0.1) is 6.92 Å². The fourth-order valence-corrected chi connectivity index (χ4v) is 4.01. The summed E-state index contributed by atoms with van der Waals surface area (Å²) in [6.45, 7) is 3.99. The van der Waals surface area contributed by atoms with Gasteiger partial charge in [-0.05, 0) is 44.4 Å². The highest BCUT2D eigenvalue weighted by molar-refractivity contribution is 7.46. The molecule has 0 saturated carbocycles. The van der Waals surface area contributed by atoms with Gasteiger partial charge < -0.3 is 26.6 Å². The number of benzene rings is 2. The lowest BCUT2D eigenvalue weighted by Crippen LogP contribution is -2.28. The largest absolute Gasteiger partial charge is 0.524 e. The maximum atomic E-state index is 14.8. The molecule has 0 spiro atoms. The second-order valence-corrected chi connectivity index (χ2v) is 10.3. The minimum Gasteiger partial charge on any atom is -0.404 e. The normalized spacial score (nSPS) is 13.0. The maximum Gasteiger partial charge on any atom is 0.524 e. The van der Waals surface area contributed by atoms with E-state index in [1.165, 1.54) is 18.2 Å². The van der Waals surface area contributed by atoms with Crippen molar-refractivity contribution in [3.63, 3.8) is 0 Å². The highest BCUT2D eigenvalue weighted by atomic mass is 31.2. The molecular weight excluding hydrogens is 542 g/mol. The molecule has 0 fully saturated rings. The highest BCUT2D eigenvalue weighted by Gasteiger charge is 2.27. The fourth-order valence-electron chi connectivity index (χ4n) is 3.58. The molecule has 0 bridgehead atoms. The van der Waals surface area contributed by atoms with Crippen molar-refractivity contribution in [2.75, 3.05) is 13.1 Å². The number of phosphoric ester groups is 1. The summed E-state index contributed by atoms with van der Waals surface area (Å²) in [7, 11) is -4.91. The summed E-state index contributed by atoms with van der Waals surface area (Å²) in [5, 5.41) is 12.9. The SMILES string of the molecule is C/C(N)=N/N=C(\N)c1ccc(CC(=O)NCCCCCCNC(=O)C(F)c2cc(C)ccc2OP(=O)(O)O)cc1. The van der Waals surface area contributed by atoms with Gasteiger partial charge in [0.2, 0.25) is 12.1 Å². The zero-order valence-electron chi connectivity index (χ0n) is 22.5. The third-order valence-corrected chi connectivity index (χ3v) is 5.98. The molecule has 0 heterocycles. The van der Waals surface area contributed by atoms with Crippen LogP contribution in [0.25, 0.3) is 0 Å². The molecule has 12 nitrogen and oxygen atoms in total. The number of rotatable bonds is 15. The molecule has 0 saturated heterocycles. The van der Waals surface area contributed by atoms with Crippen LogP contribution in [0.3, 0.4) is 0 Å². The van der Waals surface area contributed by atoms with Crippen LogP contribution in [0.1, 0.15) is 61.0 Å². The summed E-state index contributed by atoms with van der Waals surface area (Å²) in [4.78, 5) is 42.5. The Hall–Kier alpha value is -3.80. The molecule has 2 amide bonds. The van der Waals surface area contributed by atoms with Gasteiger partial charge in [-0.1, -0.05) is 48.7 Å². The Bertz CT molecular complexity index is 1260. The molecule has 0 aliphatic rings. The second kappa shape index (κ2) is 15.7. The van der Waals surface area contributed by atoms with Crippen LogP contribution in [-0.2, 0) is 20.6 Å². The number of nitrogens with two attached hydrogens (primary N) is 2. The van der Waals surface area contributed by atoms with E-state index in [1.807, 2.05) is 0 Å². The van der Waals surface area contributed by atoms with Gasteiger partial charge in [0.25, 0.3) is 5.91 Å². The molecule has 0 aliphatic carbocycles. The number of hydrogen-bond acceptors (Lipinski definition) is 6. The molecule has 14 heteroatoms. The van der Waals surface area contributed by atoms with E-state index in [0.29, 0.717) is 29.9 Å². The molecule has 2 rings (SSSR count). The van der Waals surface area contributed by atoms with Crippen LogP contribution in [0.15, 0.2) is 52.7 Å². The summed E-state index contributed by atoms with van der Waals surface area (Å²) in [5.74, 6) is -0.907. The van der Waals surface area contributed by atoms with Crippen molar-refractivity contribution in [3.8, 4) is 5.75 Å². The van der Waals surface area contributed by atoms with Gasteiger partial charge in [0.05, 0.1) is 6.42 Å². The van der Waals surface area contributed by atoms with E-state index in [4.69, 9.17) is 21.3 Å². The lowest BCUT2D eigenvalue weighted by atomic mass is 10.1.